The first kappa shape index (κ1) is 27.2. The molecule has 2 N–H and O–H groups in total. The van der Waals surface area contributed by atoms with Crippen LogP contribution in [0.25, 0.3) is 11.1 Å². The second-order valence-corrected chi connectivity index (χ2v) is 9.34. The molecule has 1 fully saturated rings. The summed E-state index contributed by atoms with van der Waals surface area (Å²) in [6, 6.07) is 12.7. The Morgan fingerprint density at radius 1 is 1.07 bits per heavy atom. The van der Waals surface area contributed by atoms with E-state index in [2.05, 4.69) is 25.5 Å². The highest BCUT2D eigenvalue weighted by molar-refractivity contribution is 5.90. The number of oxazole rings is 1. The van der Waals surface area contributed by atoms with Crippen LogP contribution in [0.4, 0.5) is 20.9 Å². The van der Waals surface area contributed by atoms with Gasteiger partial charge >= 0.3 is 6.09 Å². The van der Waals surface area contributed by atoms with Crippen LogP contribution in [-0.2, 0) is 6.54 Å². The monoisotopic (exact) mass is 549 g/mol. The Labute approximate surface area is 231 Å². The minimum absolute atomic E-state index is 0.161. The van der Waals surface area contributed by atoms with Crippen molar-refractivity contribution in [1.29, 1.82) is 0 Å². The molecule has 40 heavy (non-hydrogen) atoms. The number of nitrogens with one attached hydrogen (secondary N) is 2. The number of hydrogen-bond acceptors (Lipinski definition) is 9. The Balaban J connectivity index is 1.18. The number of carbonyl (C=O) groups excluding carboxylic acids is 1. The van der Waals surface area contributed by atoms with Crippen LogP contribution >= 0.6 is 0 Å². The Kier molecular flexibility index (Phi) is 8.60. The minimum atomic E-state index is -0.645. The highest BCUT2D eigenvalue weighted by Crippen LogP contribution is 2.31. The van der Waals surface area contributed by atoms with E-state index in [-0.39, 0.29) is 17.5 Å². The highest BCUT2D eigenvalue weighted by atomic mass is 19.1. The largest absolute Gasteiger partial charge is 0.491 e. The van der Waals surface area contributed by atoms with Crippen molar-refractivity contribution in [2.24, 2.45) is 0 Å². The van der Waals surface area contributed by atoms with Gasteiger partial charge in [-0.15, -0.1) is 0 Å². The summed E-state index contributed by atoms with van der Waals surface area (Å²) >= 11 is 0. The lowest BCUT2D eigenvalue weighted by Crippen LogP contribution is -2.38. The van der Waals surface area contributed by atoms with Gasteiger partial charge in [-0.1, -0.05) is 6.07 Å². The van der Waals surface area contributed by atoms with E-state index in [4.69, 9.17) is 18.6 Å². The molecular weight excluding hydrogens is 517 g/mol. The number of amides is 1. The van der Waals surface area contributed by atoms with Crippen LogP contribution < -0.4 is 24.8 Å². The van der Waals surface area contributed by atoms with Crippen LogP contribution in [0.2, 0.25) is 0 Å². The molecule has 2 aromatic carbocycles. The maximum Gasteiger partial charge on any atom is 0.417 e. The van der Waals surface area contributed by atoms with Crippen molar-refractivity contribution in [3.63, 3.8) is 0 Å². The van der Waals surface area contributed by atoms with Crippen LogP contribution in [0.3, 0.4) is 0 Å². The van der Waals surface area contributed by atoms with Crippen LogP contribution in [0.15, 0.2) is 59.3 Å². The van der Waals surface area contributed by atoms with Crippen LogP contribution in [0.5, 0.6) is 17.2 Å². The Morgan fingerprint density at radius 2 is 1.82 bits per heavy atom. The van der Waals surface area contributed by atoms with E-state index in [0.717, 1.165) is 31.5 Å². The minimum Gasteiger partial charge on any atom is -0.491 e. The molecule has 1 saturated heterocycles. The van der Waals surface area contributed by atoms with Crippen molar-refractivity contribution in [2.45, 2.75) is 39.3 Å². The predicted octanol–water partition coefficient (Wildman–Crippen LogP) is 5.85. The fourth-order valence-electron chi connectivity index (χ4n) is 4.65. The molecule has 3 heterocycles. The number of ether oxygens (including phenoxy) is 3. The first-order valence-corrected chi connectivity index (χ1v) is 13.4. The summed E-state index contributed by atoms with van der Waals surface area (Å²) in [5.74, 6) is 0.266. The summed E-state index contributed by atoms with van der Waals surface area (Å²) in [4.78, 5) is 23.2. The number of fused-ring (bicyclic) bond motifs is 1. The lowest BCUT2D eigenvalue weighted by molar-refractivity contribution is 0.209. The highest BCUT2D eigenvalue weighted by Gasteiger charge is 2.23. The van der Waals surface area contributed by atoms with Gasteiger partial charge in [-0.2, -0.15) is 9.37 Å². The summed E-state index contributed by atoms with van der Waals surface area (Å²) in [5, 5.41) is 6.01. The molecule has 0 bridgehead atoms. The number of carbonyl (C=O) groups is 1. The van der Waals surface area contributed by atoms with E-state index in [1.807, 2.05) is 13.8 Å². The number of halogens is 1. The molecule has 5 rings (SSSR count). The summed E-state index contributed by atoms with van der Waals surface area (Å²) in [6.07, 6.45) is 4.24. The summed E-state index contributed by atoms with van der Waals surface area (Å²) < 4.78 is 36.9. The van der Waals surface area contributed by atoms with Gasteiger partial charge < -0.3 is 23.9 Å². The van der Waals surface area contributed by atoms with Crippen molar-refractivity contribution in [2.75, 3.05) is 36.9 Å². The number of benzene rings is 2. The first-order chi connectivity index (χ1) is 19.5. The Morgan fingerprint density at radius 3 is 2.50 bits per heavy atom. The third kappa shape index (κ3) is 6.60. The quantitative estimate of drug-likeness (QED) is 0.252. The second kappa shape index (κ2) is 12.6. The molecule has 1 aliphatic rings. The van der Waals surface area contributed by atoms with Gasteiger partial charge in [-0.05, 0) is 68.7 Å². The van der Waals surface area contributed by atoms with Crippen LogP contribution in [-0.4, -0.2) is 53.3 Å². The fourth-order valence-corrected chi connectivity index (χ4v) is 4.65. The van der Waals surface area contributed by atoms with Gasteiger partial charge in [0.15, 0.2) is 28.3 Å². The third-order valence-electron chi connectivity index (χ3n) is 6.48. The SMILES string of the molecule is CCOc1cc(CN2CCC(Nc3nc4c(OC(=O)Nc5cccnc5)cccc4o3)CC2)cc(OCC)c1F. The number of likely N-dealkylation sites (tertiary alicyclic amines) is 1. The summed E-state index contributed by atoms with van der Waals surface area (Å²) in [6.45, 7) is 6.76. The molecule has 0 radical (unpaired) electrons. The van der Waals surface area contributed by atoms with Gasteiger partial charge in [0.25, 0.3) is 6.01 Å². The van der Waals surface area contributed by atoms with E-state index in [9.17, 15) is 9.18 Å². The molecule has 1 aliphatic heterocycles. The van der Waals surface area contributed by atoms with Gasteiger partial charge in [0, 0.05) is 31.9 Å². The molecule has 2 aromatic heterocycles. The van der Waals surface area contributed by atoms with Crippen molar-refractivity contribution in [3.05, 3.63) is 66.2 Å². The number of hydrogen-bond donors (Lipinski definition) is 2. The lowest BCUT2D eigenvalue weighted by Gasteiger charge is -2.32. The number of pyridine rings is 1. The standard InChI is InChI=1S/C29H32FN5O5/c1-3-37-24-15-19(16-25(26(24)30)38-4-2)18-35-13-10-20(11-14-35)32-28-34-27-22(39-28)8-5-9-23(27)40-29(36)33-21-7-6-12-31-17-21/h5-9,12,15-17,20H,3-4,10-11,13-14,18H2,1-2H3,(H,32,34)(H,33,36). The smallest absolute Gasteiger partial charge is 0.417 e. The molecule has 10 nitrogen and oxygen atoms in total. The maximum atomic E-state index is 14.6. The van der Waals surface area contributed by atoms with Crippen molar-refractivity contribution < 1.29 is 27.8 Å². The molecule has 210 valence electrons. The van der Waals surface area contributed by atoms with Gasteiger partial charge in [0.05, 0.1) is 25.1 Å². The maximum absolute atomic E-state index is 14.6. The van der Waals surface area contributed by atoms with Crippen molar-refractivity contribution in [1.82, 2.24) is 14.9 Å². The zero-order chi connectivity index (χ0) is 27.9. The van der Waals surface area contributed by atoms with Crippen molar-refractivity contribution >= 4 is 28.9 Å². The fraction of sp³-hybridized carbons (Fsp3) is 0.345. The number of para-hydroxylation sites is 1. The number of rotatable bonds is 10. The zero-order valence-electron chi connectivity index (χ0n) is 22.5. The molecule has 11 heteroatoms. The van der Waals surface area contributed by atoms with Crippen LogP contribution in [0, 0.1) is 5.82 Å². The average molecular weight is 550 g/mol. The predicted molar refractivity (Wildman–Crippen MR) is 149 cm³/mol. The average Bonchev–Trinajstić information content (AvgIpc) is 3.37. The molecule has 4 aromatic rings. The van der Waals surface area contributed by atoms with E-state index in [0.29, 0.717) is 48.3 Å². The first-order valence-electron chi connectivity index (χ1n) is 13.4. The summed E-state index contributed by atoms with van der Waals surface area (Å²) in [5.41, 5.74) is 2.43. The summed E-state index contributed by atoms with van der Waals surface area (Å²) in [7, 11) is 0. The van der Waals surface area contributed by atoms with Gasteiger partial charge in [-0.25, -0.2) is 4.79 Å². The number of aromatic nitrogens is 2. The van der Waals surface area contributed by atoms with E-state index < -0.39 is 11.9 Å². The van der Waals surface area contributed by atoms with Crippen molar-refractivity contribution in [3.8, 4) is 17.2 Å². The number of piperidine rings is 1. The normalized spacial score (nSPS) is 14.2. The second-order valence-electron chi connectivity index (χ2n) is 9.34. The Bertz CT molecular complexity index is 1410. The Hall–Kier alpha value is -4.38. The molecule has 0 atom stereocenters. The van der Waals surface area contributed by atoms with E-state index in [1.54, 1.807) is 48.7 Å². The van der Waals surface area contributed by atoms with E-state index in [1.165, 1.54) is 6.20 Å². The molecule has 1 amide bonds. The third-order valence-corrected chi connectivity index (χ3v) is 6.48. The zero-order valence-corrected chi connectivity index (χ0v) is 22.5. The molecule has 0 aliphatic carbocycles. The van der Waals surface area contributed by atoms with E-state index >= 15 is 0 Å². The topological polar surface area (TPSA) is 111 Å². The van der Waals surface area contributed by atoms with Gasteiger partial charge in [-0.3, -0.25) is 15.2 Å². The molecule has 0 saturated carbocycles. The lowest BCUT2D eigenvalue weighted by atomic mass is 10.0. The molecule has 0 spiro atoms. The molecule has 0 unspecified atom stereocenters. The number of anilines is 2. The van der Waals surface area contributed by atoms with Gasteiger partial charge in [0.1, 0.15) is 0 Å². The number of nitrogens with zero attached hydrogens (tertiary/aromatic N) is 3. The molecular formula is C29H32FN5O5. The van der Waals surface area contributed by atoms with Gasteiger partial charge in [0.2, 0.25) is 5.82 Å². The van der Waals surface area contributed by atoms with Crippen LogP contribution in [0.1, 0.15) is 32.3 Å².